The SMILES string of the molecule is CCc1cc(S(N)(=O)=O)cc(C)c1NC(=O)CC(C)CC. The number of rotatable bonds is 6. The summed E-state index contributed by atoms with van der Waals surface area (Å²) in [5.74, 6) is 0.268. The summed E-state index contributed by atoms with van der Waals surface area (Å²) in [7, 11) is -3.74. The number of amides is 1. The lowest BCUT2D eigenvalue weighted by Gasteiger charge is -2.16. The largest absolute Gasteiger partial charge is 0.326 e. The van der Waals surface area contributed by atoms with Crippen LogP contribution >= 0.6 is 0 Å². The highest BCUT2D eigenvalue weighted by Crippen LogP contribution is 2.26. The number of benzene rings is 1. The summed E-state index contributed by atoms with van der Waals surface area (Å²) in [6.45, 7) is 7.75. The predicted octanol–water partition coefficient (Wildman–Crippen LogP) is 2.58. The van der Waals surface area contributed by atoms with Crippen LogP contribution in [0.15, 0.2) is 17.0 Å². The van der Waals surface area contributed by atoms with E-state index in [1.54, 1.807) is 6.92 Å². The summed E-state index contributed by atoms with van der Waals surface area (Å²) in [5, 5.41) is 8.07. The van der Waals surface area contributed by atoms with Gasteiger partial charge in [-0.3, -0.25) is 4.79 Å². The number of hydrogen-bond acceptors (Lipinski definition) is 3. The highest BCUT2D eigenvalue weighted by Gasteiger charge is 2.16. The first-order valence-electron chi connectivity index (χ1n) is 7.15. The van der Waals surface area contributed by atoms with Gasteiger partial charge in [-0.1, -0.05) is 27.2 Å². The fraction of sp³-hybridized carbons (Fsp3) is 0.533. The van der Waals surface area contributed by atoms with Gasteiger partial charge in [-0.15, -0.1) is 0 Å². The Morgan fingerprint density at radius 1 is 1.33 bits per heavy atom. The summed E-state index contributed by atoms with van der Waals surface area (Å²) in [6, 6.07) is 3.02. The van der Waals surface area contributed by atoms with Crippen molar-refractivity contribution in [2.24, 2.45) is 11.1 Å². The Labute approximate surface area is 127 Å². The van der Waals surface area contributed by atoms with Gasteiger partial charge < -0.3 is 5.32 Å². The number of sulfonamides is 1. The Kier molecular flexibility index (Phi) is 5.92. The number of aryl methyl sites for hydroxylation is 2. The summed E-state index contributed by atoms with van der Waals surface area (Å²) in [5.41, 5.74) is 2.17. The third kappa shape index (κ3) is 4.82. The van der Waals surface area contributed by atoms with E-state index in [1.807, 2.05) is 20.8 Å². The molecular formula is C15H24N2O3S. The van der Waals surface area contributed by atoms with Gasteiger partial charge in [0.15, 0.2) is 0 Å². The second kappa shape index (κ2) is 7.04. The summed E-state index contributed by atoms with van der Waals surface area (Å²) in [6.07, 6.45) is 2.01. The number of nitrogens with one attached hydrogen (secondary N) is 1. The monoisotopic (exact) mass is 312 g/mol. The minimum atomic E-state index is -3.74. The Morgan fingerprint density at radius 2 is 1.95 bits per heavy atom. The Morgan fingerprint density at radius 3 is 2.43 bits per heavy atom. The minimum Gasteiger partial charge on any atom is -0.326 e. The van der Waals surface area contributed by atoms with Crippen LogP contribution in [0.25, 0.3) is 0 Å². The molecule has 0 aromatic heterocycles. The first-order chi connectivity index (χ1) is 9.68. The molecule has 0 aliphatic heterocycles. The van der Waals surface area contributed by atoms with E-state index in [4.69, 9.17) is 5.14 Å². The van der Waals surface area contributed by atoms with Crippen LogP contribution in [0.1, 0.15) is 44.7 Å². The lowest BCUT2D eigenvalue weighted by atomic mass is 10.0. The van der Waals surface area contributed by atoms with E-state index in [0.717, 1.165) is 12.0 Å². The molecule has 0 spiro atoms. The summed E-state index contributed by atoms with van der Waals surface area (Å²) < 4.78 is 22.9. The Balaban J connectivity index is 3.11. The van der Waals surface area contributed by atoms with Gasteiger partial charge in [0.2, 0.25) is 15.9 Å². The standard InChI is InChI=1S/C15H24N2O3S/c1-5-10(3)7-14(18)17-15-11(4)8-13(21(16,19)20)9-12(15)6-2/h8-10H,5-7H2,1-4H3,(H,17,18)(H2,16,19,20). The number of carbonyl (C=O) groups excluding carboxylic acids is 1. The molecule has 3 N–H and O–H groups in total. The molecule has 1 aromatic rings. The highest BCUT2D eigenvalue weighted by atomic mass is 32.2. The Hall–Kier alpha value is -1.40. The minimum absolute atomic E-state index is 0.0505. The average molecular weight is 312 g/mol. The molecule has 0 aliphatic rings. The molecule has 0 bridgehead atoms. The molecule has 0 saturated carbocycles. The molecule has 21 heavy (non-hydrogen) atoms. The molecule has 0 fully saturated rings. The molecule has 6 heteroatoms. The van der Waals surface area contributed by atoms with Crippen molar-refractivity contribution in [3.63, 3.8) is 0 Å². The van der Waals surface area contributed by atoms with E-state index in [-0.39, 0.29) is 10.8 Å². The van der Waals surface area contributed by atoms with Crippen molar-refractivity contribution in [1.29, 1.82) is 0 Å². The van der Waals surface area contributed by atoms with Crippen molar-refractivity contribution in [3.05, 3.63) is 23.3 Å². The summed E-state index contributed by atoms with van der Waals surface area (Å²) in [4.78, 5) is 12.1. The number of nitrogens with two attached hydrogens (primary N) is 1. The van der Waals surface area contributed by atoms with Crippen LogP contribution in [0.3, 0.4) is 0 Å². The number of hydrogen-bond donors (Lipinski definition) is 2. The fourth-order valence-corrected chi connectivity index (χ4v) is 2.75. The quantitative estimate of drug-likeness (QED) is 0.846. The van der Waals surface area contributed by atoms with Crippen LogP contribution < -0.4 is 10.5 Å². The van der Waals surface area contributed by atoms with Gasteiger partial charge in [-0.25, -0.2) is 13.6 Å². The third-order valence-electron chi connectivity index (χ3n) is 3.60. The predicted molar refractivity (Wildman–Crippen MR) is 84.6 cm³/mol. The molecule has 1 amide bonds. The molecule has 0 heterocycles. The molecule has 1 atom stereocenters. The maximum atomic E-state index is 12.0. The zero-order valence-electron chi connectivity index (χ0n) is 13.1. The van der Waals surface area contributed by atoms with Gasteiger partial charge in [0.25, 0.3) is 0 Å². The lowest BCUT2D eigenvalue weighted by molar-refractivity contribution is -0.117. The molecule has 1 unspecified atom stereocenters. The van der Waals surface area contributed by atoms with Crippen LogP contribution in [0.4, 0.5) is 5.69 Å². The number of anilines is 1. The van der Waals surface area contributed by atoms with Gasteiger partial charge in [0.1, 0.15) is 0 Å². The van der Waals surface area contributed by atoms with Gasteiger partial charge in [0, 0.05) is 12.1 Å². The van der Waals surface area contributed by atoms with E-state index in [9.17, 15) is 13.2 Å². The molecule has 5 nitrogen and oxygen atoms in total. The van der Waals surface area contributed by atoms with Crippen LogP contribution in [-0.2, 0) is 21.2 Å². The maximum Gasteiger partial charge on any atom is 0.238 e. The molecule has 0 radical (unpaired) electrons. The van der Waals surface area contributed by atoms with E-state index in [2.05, 4.69) is 5.32 Å². The molecule has 0 saturated heterocycles. The van der Waals surface area contributed by atoms with Crippen molar-refractivity contribution < 1.29 is 13.2 Å². The van der Waals surface area contributed by atoms with Crippen molar-refractivity contribution in [1.82, 2.24) is 0 Å². The van der Waals surface area contributed by atoms with Crippen LogP contribution in [-0.4, -0.2) is 14.3 Å². The topological polar surface area (TPSA) is 89.3 Å². The van der Waals surface area contributed by atoms with Gasteiger partial charge >= 0.3 is 0 Å². The smallest absolute Gasteiger partial charge is 0.238 e. The third-order valence-corrected chi connectivity index (χ3v) is 4.49. The van der Waals surface area contributed by atoms with Crippen molar-refractivity contribution in [2.75, 3.05) is 5.32 Å². The van der Waals surface area contributed by atoms with Gasteiger partial charge in [0.05, 0.1) is 4.90 Å². The van der Waals surface area contributed by atoms with E-state index >= 15 is 0 Å². The van der Waals surface area contributed by atoms with E-state index < -0.39 is 10.0 Å². The fourth-order valence-electron chi connectivity index (χ4n) is 2.10. The average Bonchev–Trinajstić information content (AvgIpc) is 2.39. The molecule has 1 rings (SSSR count). The zero-order chi connectivity index (χ0) is 16.2. The van der Waals surface area contributed by atoms with Gasteiger partial charge in [-0.2, -0.15) is 0 Å². The van der Waals surface area contributed by atoms with E-state index in [0.29, 0.717) is 30.0 Å². The first kappa shape index (κ1) is 17.7. The summed E-state index contributed by atoms with van der Waals surface area (Å²) >= 11 is 0. The van der Waals surface area contributed by atoms with Crippen molar-refractivity contribution >= 4 is 21.6 Å². The second-order valence-corrected chi connectivity index (χ2v) is 7.00. The molecule has 0 aliphatic carbocycles. The normalized spacial score (nSPS) is 13.0. The highest BCUT2D eigenvalue weighted by molar-refractivity contribution is 7.89. The van der Waals surface area contributed by atoms with Crippen molar-refractivity contribution in [3.8, 4) is 0 Å². The number of carbonyl (C=O) groups is 1. The molecule has 1 aromatic carbocycles. The van der Waals surface area contributed by atoms with Crippen LogP contribution in [0, 0.1) is 12.8 Å². The lowest BCUT2D eigenvalue weighted by Crippen LogP contribution is -2.18. The zero-order valence-corrected chi connectivity index (χ0v) is 13.9. The first-order valence-corrected chi connectivity index (χ1v) is 8.69. The van der Waals surface area contributed by atoms with Crippen molar-refractivity contribution in [2.45, 2.75) is 51.9 Å². The van der Waals surface area contributed by atoms with Gasteiger partial charge in [-0.05, 0) is 42.5 Å². The van der Waals surface area contributed by atoms with Crippen LogP contribution in [0.5, 0.6) is 0 Å². The molecular weight excluding hydrogens is 288 g/mol. The second-order valence-electron chi connectivity index (χ2n) is 5.44. The Bertz CT molecular complexity index is 624. The molecule has 118 valence electrons. The number of primary sulfonamides is 1. The maximum absolute atomic E-state index is 12.0. The van der Waals surface area contributed by atoms with Crippen LogP contribution in [0.2, 0.25) is 0 Å². The van der Waals surface area contributed by atoms with E-state index in [1.165, 1.54) is 12.1 Å².